The Kier molecular flexibility index (Phi) is 4.18. The first-order valence-corrected chi connectivity index (χ1v) is 6.79. The molecule has 0 amide bonds. The molecule has 1 aliphatic carbocycles. The van der Waals surface area contributed by atoms with E-state index in [1.807, 2.05) is 18.3 Å². The molecule has 18 heavy (non-hydrogen) atoms. The maximum atomic E-state index is 7.36. The standard InChI is InChI=1S/C14H22N4/c1-2-18(11-6-4-3-5-7-11)12-8-9-13(14(15)16)17-10-12/h8-11H,2-7H2,1H3,(H3,15,16). The minimum atomic E-state index is 0.0299. The summed E-state index contributed by atoms with van der Waals surface area (Å²) in [5.41, 5.74) is 7.12. The SMILES string of the molecule is CCN(c1ccc(C(=N)N)nc1)C1CCCCC1. The van der Waals surface area contributed by atoms with Gasteiger partial charge in [0.25, 0.3) is 0 Å². The number of hydrogen-bond donors (Lipinski definition) is 2. The quantitative estimate of drug-likeness (QED) is 0.633. The Morgan fingerprint density at radius 3 is 2.61 bits per heavy atom. The van der Waals surface area contributed by atoms with E-state index in [4.69, 9.17) is 11.1 Å². The van der Waals surface area contributed by atoms with Crippen molar-refractivity contribution >= 4 is 11.5 Å². The van der Waals surface area contributed by atoms with E-state index in [2.05, 4.69) is 16.8 Å². The lowest BCUT2D eigenvalue weighted by molar-refractivity contribution is 0.418. The van der Waals surface area contributed by atoms with Crippen molar-refractivity contribution in [3.8, 4) is 0 Å². The van der Waals surface area contributed by atoms with Gasteiger partial charge in [-0.25, -0.2) is 0 Å². The highest BCUT2D eigenvalue weighted by molar-refractivity contribution is 5.93. The normalized spacial score (nSPS) is 16.5. The van der Waals surface area contributed by atoms with Gasteiger partial charge in [0, 0.05) is 12.6 Å². The van der Waals surface area contributed by atoms with Crippen LogP contribution in [0.25, 0.3) is 0 Å². The summed E-state index contributed by atoms with van der Waals surface area (Å²) in [4.78, 5) is 6.68. The predicted octanol–water partition coefficient (Wildman–Crippen LogP) is 2.52. The summed E-state index contributed by atoms with van der Waals surface area (Å²) >= 11 is 0. The lowest BCUT2D eigenvalue weighted by Gasteiger charge is -2.35. The van der Waals surface area contributed by atoms with Gasteiger partial charge >= 0.3 is 0 Å². The Labute approximate surface area is 109 Å². The first-order chi connectivity index (χ1) is 8.72. The van der Waals surface area contributed by atoms with E-state index < -0.39 is 0 Å². The zero-order chi connectivity index (χ0) is 13.0. The molecule has 4 nitrogen and oxygen atoms in total. The Morgan fingerprint density at radius 1 is 1.39 bits per heavy atom. The Balaban J connectivity index is 2.13. The summed E-state index contributed by atoms with van der Waals surface area (Å²) in [5, 5.41) is 7.36. The number of nitrogen functional groups attached to an aromatic ring is 1. The molecule has 3 N–H and O–H groups in total. The van der Waals surface area contributed by atoms with Crippen LogP contribution in [0.15, 0.2) is 18.3 Å². The molecular weight excluding hydrogens is 224 g/mol. The molecule has 98 valence electrons. The van der Waals surface area contributed by atoms with Crippen molar-refractivity contribution in [2.45, 2.75) is 45.1 Å². The van der Waals surface area contributed by atoms with Crippen LogP contribution < -0.4 is 10.6 Å². The number of nitrogens with one attached hydrogen (secondary N) is 1. The molecule has 0 radical (unpaired) electrons. The highest BCUT2D eigenvalue weighted by atomic mass is 15.2. The maximum Gasteiger partial charge on any atom is 0.141 e. The summed E-state index contributed by atoms with van der Waals surface area (Å²) < 4.78 is 0. The van der Waals surface area contributed by atoms with E-state index in [-0.39, 0.29) is 5.84 Å². The van der Waals surface area contributed by atoms with Crippen LogP contribution in [-0.4, -0.2) is 23.4 Å². The van der Waals surface area contributed by atoms with Gasteiger partial charge in [0.2, 0.25) is 0 Å². The third kappa shape index (κ3) is 2.81. The van der Waals surface area contributed by atoms with Crippen molar-refractivity contribution in [1.29, 1.82) is 5.41 Å². The summed E-state index contributed by atoms with van der Waals surface area (Å²) in [6.45, 7) is 3.19. The number of hydrogen-bond acceptors (Lipinski definition) is 3. The van der Waals surface area contributed by atoms with E-state index in [0.717, 1.165) is 12.2 Å². The van der Waals surface area contributed by atoms with Gasteiger partial charge in [0.15, 0.2) is 0 Å². The van der Waals surface area contributed by atoms with Gasteiger partial charge in [0.1, 0.15) is 11.5 Å². The van der Waals surface area contributed by atoms with Crippen molar-refractivity contribution in [3.63, 3.8) is 0 Å². The number of pyridine rings is 1. The van der Waals surface area contributed by atoms with E-state index in [0.29, 0.717) is 11.7 Å². The van der Waals surface area contributed by atoms with E-state index in [1.165, 1.54) is 32.1 Å². The second kappa shape index (κ2) is 5.85. The van der Waals surface area contributed by atoms with Crippen LogP contribution in [0, 0.1) is 5.41 Å². The molecule has 0 aliphatic heterocycles. The largest absolute Gasteiger partial charge is 0.382 e. The molecule has 1 aliphatic rings. The molecule has 0 spiro atoms. The Morgan fingerprint density at radius 2 is 2.11 bits per heavy atom. The second-order valence-corrected chi connectivity index (χ2v) is 4.89. The maximum absolute atomic E-state index is 7.36. The first-order valence-electron chi connectivity index (χ1n) is 6.79. The van der Waals surface area contributed by atoms with Crippen LogP contribution in [-0.2, 0) is 0 Å². The molecule has 1 aromatic rings. The van der Waals surface area contributed by atoms with Crippen molar-refractivity contribution in [2.75, 3.05) is 11.4 Å². The lowest BCUT2D eigenvalue weighted by atomic mass is 9.94. The van der Waals surface area contributed by atoms with Crippen LogP contribution in [0.5, 0.6) is 0 Å². The lowest BCUT2D eigenvalue weighted by Crippen LogP contribution is -2.36. The van der Waals surface area contributed by atoms with Crippen LogP contribution in [0.1, 0.15) is 44.7 Å². The minimum absolute atomic E-state index is 0.0299. The van der Waals surface area contributed by atoms with Gasteiger partial charge < -0.3 is 10.6 Å². The molecule has 1 fully saturated rings. The molecule has 1 aromatic heterocycles. The molecule has 1 saturated carbocycles. The zero-order valence-corrected chi connectivity index (χ0v) is 11.0. The minimum Gasteiger partial charge on any atom is -0.382 e. The fraction of sp³-hybridized carbons (Fsp3) is 0.571. The fourth-order valence-electron chi connectivity index (χ4n) is 2.76. The van der Waals surface area contributed by atoms with Crippen LogP contribution in [0.2, 0.25) is 0 Å². The molecule has 4 heteroatoms. The average molecular weight is 246 g/mol. The van der Waals surface area contributed by atoms with Crippen LogP contribution >= 0.6 is 0 Å². The van der Waals surface area contributed by atoms with Crippen LogP contribution in [0.4, 0.5) is 5.69 Å². The smallest absolute Gasteiger partial charge is 0.141 e. The highest BCUT2D eigenvalue weighted by Crippen LogP contribution is 2.26. The van der Waals surface area contributed by atoms with E-state index in [1.54, 1.807) is 0 Å². The van der Waals surface area contributed by atoms with Gasteiger partial charge in [-0.15, -0.1) is 0 Å². The fourth-order valence-corrected chi connectivity index (χ4v) is 2.76. The predicted molar refractivity (Wildman–Crippen MR) is 75.1 cm³/mol. The van der Waals surface area contributed by atoms with E-state index >= 15 is 0 Å². The molecule has 0 unspecified atom stereocenters. The number of rotatable bonds is 4. The highest BCUT2D eigenvalue weighted by Gasteiger charge is 2.20. The topological polar surface area (TPSA) is 66.0 Å². The molecular formula is C14H22N4. The van der Waals surface area contributed by atoms with Crippen molar-refractivity contribution < 1.29 is 0 Å². The number of nitrogens with two attached hydrogens (primary N) is 1. The van der Waals surface area contributed by atoms with Gasteiger partial charge in [-0.3, -0.25) is 10.4 Å². The van der Waals surface area contributed by atoms with Gasteiger partial charge in [-0.1, -0.05) is 19.3 Å². The number of amidine groups is 1. The van der Waals surface area contributed by atoms with Crippen molar-refractivity contribution in [3.05, 3.63) is 24.0 Å². The average Bonchev–Trinajstić information content (AvgIpc) is 2.41. The number of nitrogens with zero attached hydrogens (tertiary/aromatic N) is 2. The molecule has 0 aromatic carbocycles. The van der Waals surface area contributed by atoms with Crippen molar-refractivity contribution in [1.82, 2.24) is 4.98 Å². The number of anilines is 1. The molecule has 1 heterocycles. The summed E-state index contributed by atoms with van der Waals surface area (Å²) in [6.07, 6.45) is 8.44. The summed E-state index contributed by atoms with van der Waals surface area (Å²) in [6, 6.07) is 4.51. The molecule has 0 bridgehead atoms. The van der Waals surface area contributed by atoms with E-state index in [9.17, 15) is 0 Å². The molecule has 0 saturated heterocycles. The van der Waals surface area contributed by atoms with Crippen LogP contribution in [0.3, 0.4) is 0 Å². The van der Waals surface area contributed by atoms with Gasteiger partial charge in [-0.2, -0.15) is 0 Å². The molecule has 0 atom stereocenters. The van der Waals surface area contributed by atoms with Gasteiger partial charge in [-0.05, 0) is 31.9 Å². The second-order valence-electron chi connectivity index (χ2n) is 4.89. The Hall–Kier alpha value is -1.58. The monoisotopic (exact) mass is 246 g/mol. The summed E-state index contributed by atoms with van der Waals surface area (Å²) in [7, 11) is 0. The summed E-state index contributed by atoms with van der Waals surface area (Å²) in [5.74, 6) is 0.0299. The zero-order valence-electron chi connectivity index (χ0n) is 11.0. The molecule has 2 rings (SSSR count). The van der Waals surface area contributed by atoms with Crippen molar-refractivity contribution in [2.24, 2.45) is 5.73 Å². The third-order valence-corrected chi connectivity index (χ3v) is 3.71. The Bertz CT molecular complexity index is 393. The van der Waals surface area contributed by atoms with Gasteiger partial charge in [0.05, 0.1) is 11.9 Å². The number of aromatic nitrogens is 1. The third-order valence-electron chi connectivity index (χ3n) is 3.71. The first kappa shape index (κ1) is 12.9.